The molecule has 13 rings (SSSR count). The van der Waals surface area contributed by atoms with Crippen LogP contribution < -0.4 is 5.73 Å². The van der Waals surface area contributed by atoms with Crippen LogP contribution in [0.15, 0.2) is 11.6 Å². The first-order chi connectivity index (χ1) is 53.1. The number of nitrogens with two attached hydrogens (primary N) is 1. The van der Waals surface area contributed by atoms with E-state index in [0.717, 1.165) is 11.9 Å². The first-order valence-corrected chi connectivity index (χ1v) is 39.4. The highest BCUT2D eigenvalue weighted by Gasteiger charge is 2.73. The second-order valence-corrected chi connectivity index (χ2v) is 35.7. The molecule has 0 bridgehead atoms. The van der Waals surface area contributed by atoms with Gasteiger partial charge in [0.2, 0.25) is 6.29 Å². The van der Waals surface area contributed by atoms with Crippen LogP contribution in [0.3, 0.4) is 0 Å². The van der Waals surface area contributed by atoms with Crippen LogP contribution >= 0.6 is 0 Å². The van der Waals surface area contributed by atoms with Crippen LogP contribution in [0, 0.1) is 50.2 Å². The Morgan fingerprint density at radius 3 is 1.68 bits per heavy atom. The third kappa shape index (κ3) is 15.3. The smallest absolute Gasteiger partial charge is 0.317 e. The van der Waals surface area contributed by atoms with Crippen LogP contribution in [-0.2, 0) is 85.4 Å². The summed E-state index contributed by atoms with van der Waals surface area (Å²) in [5.41, 5.74) is -0.0833. The summed E-state index contributed by atoms with van der Waals surface area (Å²) >= 11 is 0. The van der Waals surface area contributed by atoms with Gasteiger partial charge in [-0.2, -0.15) is 0 Å². The first-order valence-electron chi connectivity index (χ1n) is 39.4. The Morgan fingerprint density at radius 2 is 1.04 bits per heavy atom. The van der Waals surface area contributed by atoms with Crippen LogP contribution in [0.1, 0.15) is 113 Å². The molecule has 45 atom stereocenters. The number of ether oxygens (including phenoxy) is 16. The van der Waals surface area contributed by atoms with Crippen molar-refractivity contribution in [3.05, 3.63) is 11.6 Å². The molecular weight excluding hydrogens is 1510 g/mol. The zero-order chi connectivity index (χ0) is 82.2. The Balaban J connectivity index is 0.768. The Kier molecular flexibility index (Phi) is 26.0. The van der Waals surface area contributed by atoms with Crippen molar-refractivity contribution in [3.63, 3.8) is 0 Å². The van der Waals surface area contributed by atoms with Crippen molar-refractivity contribution in [2.24, 2.45) is 56.0 Å². The van der Waals surface area contributed by atoms with Crippen LogP contribution in [0.5, 0.6) is 0 Å². The predicted molar refractivity (Wildman–Crippen MR) is 370 cm³/mol. The van der Waals surface area contributed by atoms with Crippen molar-refractivity contribution in [2.75, 3.05) is 46.2 Å². The standard InChI is InChI=1S/C74H119NO38/c1-27-41(84)44(87)48(91)61(102-27)110-55-40(75)34(19-76)104-65(57(55)112-62-50(93)46(89)52(28(2)103-62)107-60-51(94)53(32(81)22-99-60)108-66-58(95)73(97,25-79)26-101-66)113-67(96)74-16-15-68(3,4)17-30(74)29-9-10-37-69(5)13-12-39(70(6,24-78)36(69)11-14-71(37,7)72(29,8)18-38(74)83)106-64-56(111-63-49(92)45(88)43(86)35(20-77)105-63)54(33(82)23-100-64)109-59-47(90)42(85)31(80)21-98-59/h9,24,27-28,30-66,76-77,79-95,97H,10-23,25-26,75H2,1-8H3/t27?,28?,30?,31-,32-,33-,34?,35?,36-,37?,38?,39+,40+,41+,42+,43+,44+,45+,46?,47?,48?,49?,50+,51-,52+,53?,54+,55?,56?,57-,58?,59+,60+,61+,62+,63+,64+,65+,66+,69?,70-,71+,72-,73-,74-/m1/s1. The van der Waals surface area contributed by atoms with E-state index in [2.05, 4.69) is 40.7 Å². The van der Waals surface area contributed by atoms with Gasteiger partial charge in [-0.15, -0.1) is 0 Å². The Bertz CT molecular complexity index is 3300. The van der Waals surface area contributed by atoms with Gasteiger partial charge in [-0.3, -0.25) is 4.79 Å². The molecule has 0 aromatic heterocycles. The summed E-state index contributed by atoms with van der Waals surface area (Å²) < 4.78 is 97.5. The monoisotopic (exact) mass is 1630 g/mol. The van der Waals surface area contributed by atoms with Crippen molar-refractivity contribution in [2.45, 2.75) is 340 Å². The molecule has 39 nitrogen and oxygen atoms in total. The van der Waals surface area contributed by atoms with Gasteiger partial charge in [0.05, 0.1) is 82.1 Å². The summed E-state index contributed by atoms with van der Waals surface area (Å²) in [6.07, 6.45) is -53.9. The molecule has 0 aromatic carbocycles. The van der Waals surface area contributed by atoms with E-state index in [0.29, 0.717) is 38.5 Å². The number of esters is 1. The highest BCUT2D eigenvalue weighted by Crippen LogP contribution is 2.76. The fraction of sp³-hybridized carbons (Fsp3) is 0.946. The summed E-state index contributed by atoms with van der Waals surface area (Å²) in [4.78, 5) is 30.5. The van der Waals surface area contributed by atoms with E-state index in [4.69, 9.17) is 81.5 Å². The molecule has 8 aliphatic heterocycles. The van der Waals surface area contributed by atoms with Crippen molar-refractivity contribution in [1.82, 2.24) is 0 Å². The molecule has 113 heavy (non-hydrogen) atoms. The molecule has 5 aliphatic carbocycles. The molecule has 22 N–H and O–H groups in total. The van der Waals surface area contributed by atoms with Crippen molar-refractivity contribution < 1.29 is 188 Å². The van der Waals surface area contributed by atoms with Crippen LogP contribution in [0.4, 0.5) is 0 Å². The minimum atomic E-state index is -2.14. The van der Waals surface area contributed by atoms with Crippen molar-refractivity contribution in [3.8, 4) is 0 Å². The molecule has 0 aromatic rings. The average Bonchev–Trinajstić information content (AvgIpc) is 0.990. The maximum absolute atomic E-state index is 16.3. The number of allylic oxidation sites excluding steroid dienone is 2. The molecule has 12 fully saturated rings. The van der Waals surface area contributed by atoms with Gasteiger partial charge in [0.1, 0.15) is 152 Å². The van der Waals surface area contributed by atoms with Crippen LogP contribution in [0.2, 0.25) is 0 Å². The quantitative estimate of drug-likeness (QED) is 0.0233. The van der Waals surface area contributed by atoms with Gasteiger partial charge in [0, 0.05) is 0 Å². The third-order valence-corrected chi connectivity index (χ3v) is 28.4. The topological polar surface area (TPSA) is 612 Å². The van der Waals surface area contributed by atoms with Crippen LogP contribution in [-0.4, -0.2) is 387 Å². The second kappa shape index (κ2) is 33.3. The molecule has 0 radical (unpaired) electrons. The number of rotatable bonds is 20. The molecule has 4 saturated carbocycles. The maximum Gasteiger partial charge on any atom is 0.317 e. The fourth-order valence-electron chi connectivity index (χ4n) is 21.3. The largest absolute Gasteiger partial charge is 0.432 e. The molecule has 39 heteroatoms. The third-order valence-electron chi connectivity index (χ3n) is 28.4. The zero-order valence-electron chi connectivity index (χ0n) is 64.4. The van der Waals surface area contributed by atoms with Crippen LogP contribution in [0.25, 0.3) is 0 Å². The zero-order valence-corrected chi connectivity index (χ0v) is 64.4. The fourth-order valence-corrected chi connectivity index (χ4v) is 21.3. The van der Waals surface area contributed by atoms with E-state index in [-0.39, 0.29) is 25.2 Å². The lowest BCUT2D eigenvalue weighted by atomic mass is 9.33. The Morgan fingerprint density at radius 1 is 0.504 bits per heavy atom. The Labute approximate surface area is 651 Å². The van der Waals surface area contributed by atoms with Crippen molar-refractivity contribution in [1.29, 1.82) is 0 Å². The van der Waals surface area contributed by atoms with E-state index in [9.17, 15) is 107 Å². The number of hydrogen-bond acceptors (Lipinski definition) is 39. The maximum atomic E-state index is 16.3. The summed E-state index contributed by atoms with van der Waals surface area (Å²) in [6, 6.07) is -1.51. The van der Waals surface area contributed by atoms with Gasteiger partial charge in [0.25, 0.3) is 0 Å². The summed E-state index contributed by atoms with van der Waals surface area (Å²) in [5, 5.41) is 221. The van der Waals surface area contributed by atoms with E-state index < -0.39 is 323 Å². The molecule has 8 saturated heterocycles. The molecule has 16 unspecified atom stereocenters. The normalized spacial score (nSPS) is 55.4. The highest BCUT2D eigenvalue weighted by atomic mass is 16.8. The molecular formula is C74H119NO38. The lowest BCUT2D eigenvalue weighted by Crippen LogP contribution is -2.70. The number of carbonyl (C=O) groups excluding carboxylic acids is 2. The summed E-state index contributed by atoms with van der Waals surface area (Å²) in [7, 11) is 0. The second-order valence-electron chi connectivity index (χ2n) is 35.7. The summed E-state index contributed by atoms with van der Waals surface area (Å²) in [6.45, 7) is 10.4. The van der Waals surface area contributed by atoms with Gasteiger partial charge in [-0.05, 0) is 111 Å². The molecule has 8 heterocycles. The first kappa shape index (κ1) is 88.2. The molecule has 648 valence electrons. The van der Waals surface area contributed by atoms with Gasteiger partial charge >= 0.3 is 5.97 Å². The lowest BCUT2D eigenvalue weighted by Gasteiger charge is -2.71. The minimum absolute atomic E-state index is 0.0115. The number of hydrogen-bond donors (Lipinski definition) is 21. The number of aldehydes is 1. The molecule has 0 amide bonds. The SMILES string of the molecule is CC1O[C@@H](O[C@@H]2C(O[C@@H]3OC(C)[C@H](O)[C@H](O)C3O)[C@@H](N)C(CO)O[C@H]2OC(=O)[C@]23CCC(C)(C)CC2C2=CCC4C5(C)CC[C@H](O[C@@H]6OC[C@@H](O)[C@H](O[C@@H]7OC[C@@H](O)[C@H](O)C7O)C6O[C@@H]6OC(CO)[C@H](O)[C@H](O)C6O)[C@](C)(C=O)[C@@H]5CC[C@]4(C)[C@]2(C)CC3O)[C@@H](O)C(O)[C@H]1O[C@@H]1OC[C@@H](O)C(O[C@@H]2OC[C@](O)(CO)C2O)[C@H]1O. The number of carbonyl (C=O) groups is 2. The Hall–Kier alpha value is -2.56. The summed E-state index contributed by atoms with van der Waals surface area (Å²) in [5.74, 6) is -2.33. The highest BCUT2D eigenvalue weighted by molar-refractivity contribution is 5.80. The van der Waals surface area contributed by atoms with E-state index in [1.165, 1.54) is 13.8 Å². The van der Waals surface area contributed by atoms with E-state index in [1.54, 1.807) is 6.92 Å². The average molecular weight is 1630 g/mol. The van der Waals surface area contributed by atoms with Gasteiger partial charge in [-0.25, -0.2) is 0 Å². The predicted octanol–water partition coefficient (Wildman–Crippen LogP) is -8.01. The minimum Gasteiger partial charge on any atom is -0.432 e. The van der Waals surface area contributed by atoms with Gasteiger partial charge in [0.15, 0.2) is 50.1 Å². The van der Waals surface area contributed by atoms with E-state index in [1.807, 2.05) is 0 Å². The molecule has 0 spiro atoms. The van der Waals surface area contributed by atoms with Gasteiger partial charge < -0.3 is 188 Å². The van der Waals surface area contributed by atoms with Gasteiger partial charge in [-0.1, -0.05) is 53.2 Å². The number of aliphatic hydroxyl groups excluding tert-OH is 19. The lowest BCUT2D eigenvalue weighted by molar-refractivity contribution is -0.385. The number of fused-ring (bicyclic) bond motifs is 7. The van der Waals surface area contributed by atoms with Crippen molar-refractivity contribution >= 4 is 12.3 Å². The van der Waals surface area contributed by atoms with E-state index >= 15 is 4.79 Å². The number of aliphatic hydroxyl groups is 20. The molecule has 13 aliphatic rings.